The third-order valence-corrected chi connectivity index (χ3v) is 4.07. The van der Waals surface area contributed by atoms with Gasteiger partial charge in [0.15, 0.2) is 0 Å². The number of carbonyl (C=O) groups excluding carboxylic acids is 1. The summed E-state index contributed by atoms with van der Waals surface area (Å²) >= 11 is 6.95. The lowest BCUT2D eigenvalue weighted by molar-refractivity contribution is -0.119. The Hall–Kier alpha value is -1.66. The molecule has 2 rings (SSSR count). The Kier molecular flexibility index (Phi) is 6.15. The van der Waals surface area contributed by atoms with E-state index in [1.807, 2.05) is 49.4 Å². The predicted molar refractivity (Wildman–Crippen MR) is 97.2 cm³/mol. The maximum atomic E-state index is 11.8. The van der Waals surface area contributed by atoms with Crippen LogP contribution < -0.4 is 10.7 Å². The van der Waals surface area contributed by atoms with Crippen molar-refractivity contribution >= 4 is 49.7 Å². The SMILES string of the molecule is Cc1cc(Br)c(NCC(=O)N/N=C\c2ccccc2)c(Br)c1. The zero-order chi connectivity index (χ0) is 15.9. The number of nitrogens with one attached hydrogen (secondary N) is 2. The quantitative estimate of drug-likeness (QED) is 0.561. The first-order chi connectivity index (χ1) is 10.6. The molecule has 22 heavy (non-hydrogen) atoms. The van der Waals surface area contributed by atoms with Gasteiger partial charge in [0.2, 0.25) is 0 Å². The fourth-order valence-electron chi connectivity index (χ4n) is 1.79. The molecule has 0 atom stereocenters. The molecule has 0 aliphatic heterocycles. The summed E-state index contributed by atoms with van der Waals surface area (Å²) in [6.45, 7) is 2.14. The van der Waals surface area contributed by atoms with E-state index in [2.05, 4.69) is 47.7 Å². The van der Waals surface area contributed by atoms with Gasteiger partial charge in [0.05, 0.1) is 18.4 Å². The number of benzene rings is 2. The molecule has 2 aromatic carbocycles. The predicted octanol–water partition coefficient (Wildman–Crippen LogP) is 4.08. The standard InChI is InChI=1S/C16H15Br2N3O/c1-11-7-13(17)16(14(18)8-11)19-10-15(22)21-20-9-12-5-3-2-4-6-12/h2-9,19H,10H2,1H3,(H,21,22)/b20-9-. The number of nitrogens with zero attached hydrogens (tertiary/aromatic N) is 1. The molecule has 0 spiro atoms. The number of halogens is 2. The number of rotatable bonds is 5. The lowest BCUT2D eigenvalue weighted by atomic mass is 10.2. The van der Waals surface area contributed by atoms with Crippen molar-refractivity contribution in [2.45, 2.75) is 6.92 Å². The smallest absolute Gasteiger partial charge is 0.259 e. The van der Waals surface area contributed by atoms with Gasteiger partial charge >= 0.3 is 0 Å². The van der Waals surface area contributed by atoms with Crippen LogP contribution in [-0.2, 0) is 4.79 Å². The summed E-state index contributed by atoms with van der Waals surface area (Å²) in [7, 11) is 0. The Morgan fingerprint density at radius 3 is 2.45 bits per heavy atom. The summed E-state index contributed by atoms with van der Waals surface area (Å²) in [6, 6.07) is 13.5. The van der Waals surface area contributed by atoms with E-state index in [9.17, 15) is 4.79 Å². The molecule has 0 fully saturated rings. The van der Waals surface area contributed by atoms with Crippen LogP contribution in [0.1, 0.15) is 11.1 Å². The molecule has 4 nitrogen and oxygen atoms in total. The van der Waals surface area contributed by atoms with E-state index < -0.39 is 0 Å². The van der Waals surface area contributed by atoms with Gasteiger partial charge in [0, 0.05) is 8.95 Å². The van der Waals surface area contributed by atoms with Crippen LogP contribution in [0.5, 0.6) is 0 Å². The minimum absolute atomic E-state index is 0.131. The molecular formula is C16H15Br2N3O. The number of hydrogen-bond donors (Lipinski definition) is 2. The highest BCUT2D eigenvalue weighted by atomic mass is 79.9. The van der Waals surface area contributed by atoms with Gasteiger partial charge in [-0.25, -0.2) is 5.43 Å². The Morgan fingerprint density at radius 1 is 1.18 bits per heavy atom. The molecule has 0 unspecified atom stereocenters. The first kappa shape index (κ1) is 16.7. The van der Waals surface area contributed by atoms with E-state index in [4.69, 9.17) is 0 Å². The van der Waals surface area contributed by atoms with Crippen LogP contribution in [0.3, 0.4) is 0 Å². The molecule has 2 N–H and O–H groups in total. The maximum Gasteiger partial charge on any atom is 0.259 e. The van der Waals surface area contributed by atoms with Crippen LogP contribution in [0.2, 0.25) is 0 Å². The average molecular weight is 425 g/mol. The van der Waals surface area contributed by atoms with Gasteiger partial charge in [-0.2, -0.15) is 5.10 Å². The van der Waals surface area contributed by atoms with Crippen LogP contribution in [0.4, 0.5) is 5.69 Å². The Bertz CT molecular complexity index is 664. The summed E-state index contributed by atoms with van der Waals surface area (Å²) in [6.07, 6.45) is 1.61. The van der Waals surface area contributed by atoms with Crippen molar-refractivity contribution in [1.29, 1.82) is 0 Å². The van der Waals surface area contributed by atoms with Crippen LogP contribution in [0.25, 0.3) is 0 Å². The van der Waals surface area contributed by atoms with Gasteiger partial charge in [-0.1, -0.05) is 30.3 Å². The molecule has 0 aromatic heterocycles. The Morgan fingerprint density at radius 2 is 1.82 bits per heavy atom. The van der Waals surface area contributed by atoms with Crippen LogP contribution in [-0.4, -0.2) is 18.7 Å². The van der Waals surface area contributed by atoms with E-state index in [-0.39, 0.29) is 12.5 Å². The largest absolute Gasteiger partial charge is 0.374 e. The van der Waals surface area contributed by atoms with Crippen molar-refractivity contribution in [1.82, 2.24) is 5.43 Å². The second-order valence-electron chi connectivity index (χ2n) is 4.66. The van der Waals surface area contributed by atoms with Crippen molar-refractivity contribution in [3.63, 3.8) is 0 Å². The second kappa shape index (κ2) is 8.10. The summed E-state index contributed by atoms with van der Waals surface area (Å²) in [5, 5.41) is 7.00. The fourth-order valence-corrected chi connectivity index (χ4v) is 3.49. The molecule has 0 saturated heterocycles. The van der Waals surface area contributed by atoms with Crippen molar-refractivity contribution < 1.29 is 4.79 Å². The van der Waals surface area contributed by atoms with E-state index in [1.54, 1.807) is 6.21 Å². The first-order valence-corrected chi connectivity index (χ1v) is 8.21. The van der Waals surface area contributed by atoms with E-state index in [0.717, 1.165) is 25.8 Å². The molecule has 114 valence electrons. The van der Waals surface area contributed by atoms with Crippen LogP contribution in [0, 0.1) is 6.92 Å². The summed E-state index contributed by atoms with van der Waals surface area (Å²) in [5.74, 6) is -0.216. The Balaban J connectivity index is 1.87. The highest BCUT2D eigenvalue weighted by molar-refractivity contribution is 9.11. The van der Waals surface area contributed by atoms with Crippen molar-refractivity contribution in [3.05, 3.63) is 62.5 Å². The summed E-state index contributed by atoms with van der Waals surface area (Å²) in [4.78, 5) is 11.8. The summed E-state index contributed by atoms with van der Waals surface area (Å²) in [5.41, 5.74) is 5.39. The highest BCUT2D eigenvalue weighted by Crippen LogP contribution is 2.31. The first-order valence-electron chi connectivity index (χ1n) is 6.63. The molecule has 0 aliphatic carbocycles. The molecular weight excluding hydrogens is 410 g/mol. The fraction of sp³-hybridized carbons (Fsp3) is 0.125. The lowest BCUT2D eigenvalue weighted by Crippen LogP contribution is -2.26. The van der Waals surface area contributed by atoms with Crippen molar-refractivity contribution in [2.75, 3.05) is 11.9 Å². The number of carbonyl (C=O) groups is 1. The van der Waals surface area contributed by atoms with Crippen molar-refractivity contribution in [3.8, 4) is 0 Å². The molecule has 0 aliphatic rings. The number of anilines is 1. The van der Waals surface area contributed by atoms with Gasteiger partial charge in [0.1, 0.15) is 0 Å². The normalized spacial score (nSPS) is 10.7. The van der Waals surface area contributed by atoms with Crippen molar-refractivity contribution in [2.24, 2.45) is 5.10 Å². The number of hydrazone groups is 1. The third-order valence-electron chi connectivity index (χ3n) is 2.81. The third kappa shape index (κ3) is 4.96. The van der Waals surface area contributed by atoms with Gasteiger partial charge < -0.3 is 5.32 Å². The topological polar surface area (TPSA) is 53.5 Å². The molecule has 2 aromatic rings. The Labute approximate surface area is 146 Å². The monoisotopic (exact) mass is 423 g/mol. The van der Waals surface area contributed by atoms with Crippen LogP contribution >= 0.6 is 31.9 Å². The zero-order valence-electron chi connectivity index (χ0n) is 11.9. The minimum Gasteiger partial charge on any atom is -0.374 e. The summed E-state index contributed by atoms with van der Waals surface area (Å²) < 4.78 is 1.81. The maximum absolute atomic E-state index is 11.8. The number of hydrogen-bond acceptors (Lipinski definition) is 3. The molecule has 0 bridgehead atoms. The average Bonchev–Trinajstić information content (AvgIpc) is 2.47. The molecule has 0 radical (unpaired) electrons. The number of aryl methyl sites for hydroxylation is 1. The van der Waals surface area contributed by atoms with Gasteiger partial charge in [-0.15, -0.1) is 0 Å². The molecule has 0 saturated carbocycles. The van der Waals surface area contributed by atoms with Gasteiger partial charge in [-0.05, 0) is 62.0 Å². The lowest BCUT2D eigenvalue weighted by Gasteiger charge is -2.11. The van der Waals surface area contributed by atoms with Gasteiger partial charge in [-0.3, -0.25) is 4.79 Å². The van der Waals surface area contributed by atoms with E-state index in [1.165, 1.54) is 0 Å². The zero-order valence-corrected chi connectivity index (χ0v) is 15.1. The molecule has 6 heteroatoms. The van der Waals surface area contributed by atoms with E-state index >= 15 is 0 Å². The highest BCUT2D eigenvalue weighted by Gasteiger charge is 2.07. The minimum atomic E-state index is -0.216. The van der Waals surface area contributed by atoms with E-state index in [0.29, 0.717) is 0 Å². The second-order valence-corrected chi connectivity index (χ2v) is 6.37. The molecule has 1 amide bonds. The number of amides is 1. The van der Waals surface area contributed by atoms with Gasteiger partial charge in [0.25, 0.3) is 5.91 Å². The molecule has 0 heterocycles. The van der Waals surface area contributed by atoms with Crippen LogP contribution in [0.15, 0.2) is 56.5 Å².